The molecule has 37 heavy (non-hydrogen) atoms. The summed E-state index contributed by atoms with van der Waals surface area (Å²) in [5, 5.41) is 8.78. The van der Waals surface area contributed by atoms with Gasteiger partial charge in [0.25, 0.3) is 0 Å². The van der Waals surface area contributed by atoms with Crippen molar-refractivity contribution in [1.29, 1.82) is 0 Å². The monoisotopic (exact) mass is 521 g/mol. The highest BCUT2D eigenvalue weighted by atomic mass is 32.2. The van der Waals surface area contributed by atoms with Crippen LogP contribution in [0, 0.1) is 6.92 Å². The maximum Gasteiger partial charge on any atom is 0.238 e. The number of primary sulfonamides is 1. The first-order valence-electron chi connectivity index (χ1n) is 12.8. The molecule has 2 aliphatic rings. The molecule has 0 radical (unpaired) electrons. The summed E-state index contributed by atoms with van der Waals surface area (Å²) < 4.78 is 24.1. The number of aromatic nitrogens is 2. The molecule has 0 unspecified atom stereocenters. The number of sulfonamides is 1. The normalized spacial score (nSPS) is 17.2. The predicted molar refractivity (Wildman–Crippen MR) is 148 cm³/mol. The lowest BCUT2D eigenvalue weighted by atomic mass is 10.1. The molecule has 1 saturated carbocycles. The van der Waals surface area contributed by atoms with E-state index in [-0.39, 0.29) is 10.9 Å². The predicted octanol–water partition coefficient (Wildman–Crippen LogP) is 4.01. The molecule has 1 aromatic heterocycles. The van der Waals surface area contributed by atoms with Gasteiger partial charge in [0, 0.05) is 61.0 Å². The number of benzene rings is 2. The largest absolute Gasteiger partial charge is 0.369 e. The van der Waals surface area contributed by atoms with Gasteiger partial charge in [0.05, 0.1) is 4.90 Å². The molecule has 196 valence electrons. The molecule has 2 aromatic carbocycles. The Kier molecular flexibility index (Phi) is 7.32. The highest BCUT2D eigenvalue weighted by Gasteiger charge is 2.27. The first-order chi connectivity index (χ1) is 17.8. The van der Waals surface area contributed by atoms with Crippen molar-refractivity contribution in [2.75, 3.05) is 48.3 Å². The summed E-state index contributed by atoms with van der Waals surface area (Å²) in [5.41, 5.74) is 3.81. The third-order valence-electron chi connectivity index (χ3n) is 7.28. The number of anilines is 5. The molecule has 5 rings (SSSR count). The standard InChI is InChI=1S/C27H35N7O2S/c1-20-19-29-27(30-21-10-12-22(13-11-21)33-16-14-32(2)15-17-33)31-26(20)34(23-6-3-4-7-23)24-8-5-9-25(18-24)37(28,35)36/h5,8-13,18-19,23H,3-4,6-7,14-17H2,1-2H3,(H2,28,35,36)(H,29,30,31). The number of nitrogens with zero attached hydrogens (tertiary/aromatic N) is 5. The van der Waals surface area contributed by atoms with Crippen molar-refractivity contribution in [2.45, 2.75) is 43.5 Å². The van der Waals surface area contributed by atoms with E-state index >= 15 is 0 Å². The van der Waals surface area contributed by atoms with Gasteiger partial charge in [-0.3, -0.25) is 0 Å². The first kappa shape index (κ1) is 25.4. The topological polar surface area (TPSA) is 108 Å². The van der Waals surface area contributed by atoms with Crippen LogP contribution in [0.25, 0.3) is 0 Å². The van der Waals surface area contributed by atoms with Crippen molar-refractivity contribution in [3.8, 4) is 0 Å². The minimum Gasteiger partial charge on any atom is -0.369 e. The SMILES string of the molecule is Cc1cnc(Nc2ccc(N3CCN(C)CC3)cc2)nc1N(c1cccc(S(N)(=O)=O)c1)C1CCCC1. The molecule has 3 aromatic rings. The maximum absolute atomic E-state index is 12.0. The van der Waals surface area contributed by atoms with Crippen LogP contribution < -0.4 is 20.3 Å². The Balaban J connectivity index is 1.42. The average molecular weight is 522 g/mol. The quantitative estimate of drug-likeness (QED) is 0.480. The Morgan fingerprint density at radius 1 is 1.03 bits per heavy atom. The van der Waals surface area contributed by atoms with E-state index in [1.165, 1.54) is 11.8 Å². The fraction of sp³-hybridized carbons (Fsp3) is 0.407. The van der Waals surface area contributed by atoms with Crippen LogP contribution in [-0.2, 0) is 10.0 Å². The number of rotatable bonds is 7. The lowest BCUT2D eigenvalue weighted by Crippen LogP contribution is -2.44. The van der Waals surface area contributed by atoms with Crippen molar-refractivity contribution >= 4 is 38.9 Å². The van der Waals surface area contributed by atoms with Gasteiger partial charge < -0.3 is 20.0 Å². The molecule has 2 heterocycles. The van der Waals surface area contributed by atoms with Gasteiger partial charge in [0.1, 0.15) is 5.82 Å². The summed E-state index contributed by atoms with van der Waals surface area (Å²) in [6, 6.07) is 15.4. The fourth-order valence-corrected chi connectivity index (χ4v) is 5.72. The van der Waals surface area contributed by atoms with Crippen LogP contribution in [0.2, 0.25) is 0 Å². The molecular formula is C27H35N7O2S. The van der Waals surface area contributed by atoms with Gasteiger partial charge in [-0.25, -0.2) is 18.5 Å². The van der Waals surface area contributed by atoms with Gasteiger partial charge in [-0.1, -0.05) is 18.9 Å². The molecule has 0 amide bonds. The van der Waals surface area contributed by atoms with Crippen LogP contribution >= 0.6 is 0 Å². The number of hydrogen-bond acceptors (Lipinski definition) is 8. The fourth-order valence-electron chi connectivity index (χ4n) is 5.17. The molecule has 0 spiro atoms. The van der Waals surface area contributed by atoms with Gasteiger partial charge >= 0.3 is 0 Å². The molecule has 1 aliphatic carbocycles. The van der Waals surface area contributed by atoms with Crippen LogP contribution in [0.5, 0.6) is 0 Å². The second kappa shape index (κ2) is 10.6. The number of hydrogen-bond donors (Lipinski definition) is 2. The number of nitrogens with two attached hydrogens (primary N) is 1. The summed E-state index contributed by atoms with van der Waals surface area (Å²) in [7, 11) is -1.66. The highest BCUT2D eigenvalue weighted by molar-refractivity contribution is 7.89. The molecule has 10 heteroatoms. The van der Waals surface area contributed by atoms with E-state index in [4.69, 9.17) is 10.1 Å². The van der Waals surface area contributed by atoms with Gasteiger partial charge in [0.15, 0.2) is 0 Å². The molecule has 0 atom stereocenters. The zero-order valence-corrected chi connectivity index (χ0v) is 22.3. The second-order valence-corrected chi connectivity index (χ2v) is 11.6. The van der Waals surface area contributed by atoms with Crippen molar-refractivity contribution in [3.63, 3.8) is 0 Å². The second-order valence-electron chi connectivity index (χ2n) is 10.0. The van der Waals surface area contributed by atoms with E-state index in [1.807, 2.05) is 19.2 Å². The van der Waals surface area contributed by atoms with E-state index in [0.717, 1.165) is 74.6 Å². The lowest BCUT2D eigenvalue weighted by molar-refractivity contribution is 0.313. The summed E-state index contributed by atoms with van der Waals surface area (Å²) in [4.78, 5) is 16.4. The van der Waals surface area contributed by atoms with Gasteiger partial charge in [-0.15, -0.1) is 0 Å². The van der Waals surface area contributed by atoms with Gasteiger partial charge in [-0.05, 0) is 69.3 Å². The molecule has 1 saturated heterocycles. The summed E-state index contributed by atoms with van der Waals surface area (Å²) >= 11 is 0. The van der Waals surface area contributed by atoms with Crippen LogP contribution in [0.1, 0.15) is 31.2 Å². The number of nitrogens with one attached hydrogen (secondary N) is 1. The Bertz CT molecular complexity index is 1330. The Labute approximate surface area is 219 Å². The molecular weight excluding hydrogens is 486 g/mol. The number of aryl methyl sites for hydroxylation is 1. The van der Waals surface area contributed by atoms with Gasteiger partial charge in [-0.2, -0.15) is 4.98 Å². The van der Waals surface area contributed by atoms with E-state index in [1.54, 1.807) is 12.1 Å². The maximum atomic E-state index is 12.0. The first-order valence-corrected chi connectivity index (χ1v) is 14.4. The Hall–Kier alpha value is -3.21. The number of piperazine rings is 1. The van der Waals surface area contributed by atoms with Crippen molar-refractivity contribution < 1.29 is 8.42 Å². The third-order valence-corrected chi connectivity index (χ3v) is 8.19. The summed E-state index contributed by atoms with van der Waals surface area (Å²) in [6.45, 7) is 6.17. The zero-order valence-electron chi connectivity index (χ0n) is 21.5. The Morgan fingerprint density at radius 2 is 1.73 bits per heavy atom. The summed E-state index contributed by atoms with van der Waals surface area (Å²) in [5.74, 6) is 1.27. The Morgan fingerprint density at radius 3 is 2.41 bits per heavy atom. The van der Waals surface area contributed by atoms with Crippen LogP contribution in [0.4, 0.5) is 28.8 Å². The molecule has 3 N–H and O–H groups in total. The molecule has 1 aliphatic heterocycles. The minimum absolute atomic E-state index is 0.0958. The average Bonchev–Trinajstić information content (AvgIpc) is 3.41. The molecule has 2 fully saturated rings. The third kappa shape index (κ3) is 5.87. The molecule has 0 bridgehead atoms. The summed E-state index contributed by atoms with van der Waals surface area (Å²) in [6.07, 6.45) is 6.10. The zero-order chi connectivity index (χ0) is 26.0. The highest BCUT2D eigenvalue weighted by Crippen LogP contribution is 2.36. The van der Waals surface area contributed by atoms with Crippen LogP contribution in [-0.4, -0.2) is 62.6 Å². The van der Waals surface area contributed by atoms with E-state index < -0.39 is 10.0 Å². The van der Waals surface area contributed by atoms with Crippen molar-refractivity contribution in [2.24, 2.45) is 5.14 Å². The van der Waals surface area contributed by atoms with Crippen LogP contribution in [0.15, 0.2) is 59.6 Å². The van der Waals surface area contributed by atoms with Crippen LogP contribution in [0.3, 0.4) is 0 Å². The van der Waals surface area contributed by atoms with Crippen molar-refractivity contribution in [3.05, 3.63) is 60.3 Å². The lowest BCUT2D eigenvalue weighted by Gasteiger charge is -2.34. The number of likely N-dealkylation sites (N-methyl/N-ethyl adjacent to an activating group) is 1. The van der Waals surface area contributed by atoms with E-state index in [9.17, 15) is 8.42 Å². The van der Waals surface area contributed by atoms with Gasteiger partial charge in [0.2, 0.25) is 16.0 Å². The molecule has 9 nitrogen and oxygen atoms in total. The minimum atomic E-state index is -3.82. The van der Waals surface area contributed by atoms with Crippen molar-refractivity contribution in [1.82, 2.24) is 14.9 Å². The van der Waals surface area contributed by atoms with E-state index in [2.05, 4.69) is 56.3 Å². The smallest absolute Gasteiger partial charge is 0.238 e. The van der Waals surface area contributed by atoms with E-state index in [0.29, 0.717) is 5.95 Å².